The molecule has 1 amide bonds. The van der Waals surface area contributed by atoms with E-state index in [0.717, 1.165) is 5.56 Å². The van der Waals surface area contributed by atoms with Crippen LogP contribution in [0.15, 0.2) is 83.8 Å². The van der Waals surface area contributed by atoms with E-state index in [1.807, 2.05) is 0 Å². The van der Waals surface area contributed by atoms with E-state index in [1.165, 1.54) is 22.5 Å². The molecule has 3 aromatic carbocycles. The van der Waals surface area contributed by atoms with Crippen molar-refractivity contribution in [3.05, 3.63) is 95.8 Å². The molecule has 0 saturated heterocycles. The van der Waals surface area contributed by atoms with Crippen LogP contribution in [-0.2, 0) is 16.6 Å². The maximum atomic E-state index is 13.2. The third-order valence-electron chi connectivity index (χ3n) is 4.39. The lowest BCUT2D eigenvalue weighted by atomic mass is 10.1. The molecule has 0 fully saturated rings. The molecule has 3 rings (SSSR count). The van der Waals surface area contributed by atoms with E-state index < -0.39 is 15.8 Å². The number of hydrogen-bond donors (Lipinski definition) is 1. The van der Waals surface area contributed by atoms with Crippen molar-refractivity contribution in [2.45, 2.75) is 18.4 Å². The Morgan fingerprint density at radius 3 is 2.28 bits per heavy atom. The van der Waals surface area contributed by atoms with Gasteiger partial charge in [0.25, 0.3) is 5.91 Å². The Morgan fingerprint density at radius 2 is 1.66 bits per heavy atom. The van der Waals surface area contributed by atoms with E-state index in [2.05, 4.69) is 5.32 Å². The average Bonchev–Trinajstić information content (AvgIpc) is 2.73. The van der Waals surface area contributed by atoms with Gasteiger partial charge in [-0.25, -0.2) is 12.8 Å². The molecule has 0 unspecified atom stereocenters. The number of nitrogens with zero attached hydrogens (tertiary/aromatic N) is 1. The van der Waals surface area contributed by atoms with Gasteiger partial charge in [-0.1, -0.05) is 43.3 Å². The standard InChI is InChI=1S/C22H21FN2O3S/c1-2-25(29(27,28)21-9-4-3-5-10-21)16-17-11-13-18(14-12-17)22(26)24-20-8-6-7-19(23)15-20/h3-15H,2,16H2,1H3,(H,24,26). The van der Waals surface area contributed by atoms with Crippen molar-refractivity contribution in [3.63, 3.8) is 0 Å². The van der Waals surface area contributed by atoms with Gasteiger partial charge in [0.05, 0.1) is 4.90 Å². The molecule has 29 heavy (non-hydrogen) atoms. The molecule has 0 bridgehead atoms. The maximum absolute atomic E-state index is 13.2. The fourth-order valence-corrected chi connectivity index (χ4v) is 4.30. The maximum Gasteiger partial charge on any atom is 0.255 e. The van der Waals surface area contributed by atoms with Crippen LogP contribution in [0.1, 0.15) is 22.8 Å². The van der Waals surface area contributed by atoms with Gasteiger partial charge in [0, 0.05) is 24.3 Å². The van der Waals surface area contributed by atoms with Crippen molar-refractivity contribution in [3.8, 4) is 0 Å². The van der Waals surface area contributed by atoms with E-state index in [4.69, 9.17) is 0 Å². The number of benzene rings is 3. The molecule has 0 aliphatic carbocycles. The first-order valence-corrected chi connectivity index (χ1v) is 10.5. The number of carbonyl (C=O) groups is 1. The highest BCUT2D eigenvalue weighted by atomic mass is 32.2. The second-order valence-corrected chi connectivity index (χ2v) is 8.34. The van der Waals surface area contributed by atoms with E-state index in [1.54, 1.807) is 67.6 Å². The van der Waals surface area contributed by atoms with Gasteiger partial charge in [0.15, 0.2) is 0 Å². The van der Waals surface area contributed by atoms with E-state index >= 15 is 0 Å². The van der Waals surface area contributed by atoms with Gasteiger partial charge in [-0.2, -0.15) is 4.31 Å². The Morgan fingerprint density at radius 1 is 0.966 bits per heavy atom. The Labute approximate surface area is 169 Å². The molecule has 0 aromatic heterocycles. The highest BCUT2D eigenvalue weighted by Gasteiger charge is 2.22. The summed E-state index contributed by atoms with van der Waals surface area (Å²) in [7, 11) is -3.60. The van der Waals surface area contributed by atoms with Crippen LogP contribution in [0, 0.1) is 5.82 Å². The normalized spacial score (nSPS) is 11.4. The number of carbonyl (C=O) groups excluding carboxylic acids is 1. The van der Waals surface area contributed by atoms with Gasteiger partial charge in [0.1, 0.15) is 5.82 Å². The van der Waals surface area contributed by atoms with Gasteiger partial charge >= 0.3 is 0 Å². The Bertz CT molecular complexity index is 1080. The molecule has 5 nitrogen and oxygen atoms in total. The molecule has 0 saturated carbocycles. The summed E-state index contributed by atoms with van der Waals surface area (Å²) in [5, 5.41) is 2.63. The molecule has 0 atom stereocenters. The summed E-state index contributed by atoms with van der Waals surface area (Å²) < 4.78 is 40.2. The van der Waals surface area contributed by atoms with Crippen molar-refractivity contribution in [2.75, 3.05) is 11.9 Å². The number of rotatable bonds is 7. The topological polar surface area (TPSA) is 66.5 Å². The van der Waals surface area contributed by atoms with Crippen molar-refractivity contribution >= 4 is 21.6 Å². The van der Waals surface area contributed by atoms with E-state index in [9.17, 15) is 17.6 Å². The van der Waals surface area contributed by atoms with Crippen LogP contribution in [0.25, 0.3) is 0 Å². The van der Waals surface area contributed by atoms with Gasteiger partial charge in [-0.05, 0) is 48.0 Å². The van der Waals surface area contributed by atoms with Gasteiger partial charge in [-0.15, -0.1) is 0 Å². The highest BCUT2D eigenvalue weighted by molar-refractivity contribution is 7.89. The van der Waals surface area contributed by atoms with Crippen LogP contribution in [0.2, 0.25) is 0 Å². The second-order valence-electron chi connectivity index (χ2n) is 6.41. The Kier molecular flexibility index (Phi) is 6.41. The number of halogens is 1. The van der Waals surface area contributed by atoms with Gasteiger partial charge in [-0.3, -0.25) is 4.79 Å². The van der Waals surface area contributed by atoms with Crippen LogP contribution in [0.3, 0.4) is 0 Å². The van der Waals surface area contributed by atoms with Crippen LogP contribution in [0.4, 0.5) is 10.1 Å². The number of amides is 1. The average molecular weight is 412 g/mol. The quantitative estimate of drug-likeness (QED) is 0.630. The van der Waals surface area contributed by atoms with Crippen LogP contribution in [-0.4, -0.2) is 25.2 Å². The zero-order valence-electron chi connectivity index (χ0n) is 15.9. The predicted octanol–water partition coefficient (Wildman–Crippen LogP) is 4.29. The zero-order chi connectivity index (χ0) is 20.9. The lowest BCUT2D eigenvalue weighted by Crippen LogP contribution is -2.30. The predicted molar refractivity (Wildman–Crippen MR) is 111 cm³/mol. The van der Waals surface area contributed by atoms with Gasteiger partial charge in [0.2, 0.25) is 10.0 Å². The molecule has 0 radical (unpaired) electrons. The summed E-state index contributed by atoms with van der Waals surface area (Å²) in [4.78, 5) is 12.6. The molecule has 0 aliphatic heterocycles. The zero-order valence-corrected chi connectivity index (χ0v) is 16.7. The molecule has 1 N–H and O–H groups in total. The third kappa shape index (κ3) is 5.07. The van der Waals surface area contributed by atoms with Crippen LogP contribution >= 0.6 is 0 Å². The van der Waals surface area contributed by atoms with E-state index in [-0.39, 0.29) is 17.3 Å². The van der Waals surface area contributed by atoms with E-state index in [0.29, 0.717) is 17.8 Å². The fraction of sp³-hybridized carbons (Fsp3) is 0.136. The molecular formula is C22H21FN2O3S. The first kappa shape index (κ1) is 20.7. The summed E-state index contributed by atoms with van der Waals surface area (Å²) in [6.07, 6.45) is 0. The first-order valence-electron chi connectivity index (χ1n) is 9.11. The molecular weight excluding hydrogens is 391 g/mol. The lowest BCUT2D eigenvalue weighted by Gasteiger charge is -2.20. The molecule has 0 aliphatic rings. The Hall–Kier alpha value is -3.03. The highest BCUT2D eigenvalue weighted by Crippen LogP contribution is 2.18. The van der Waals surface area contributed by atoms with Crippen LogP contribution < -0.4 is 5.32 Å². The summed E-state index contributed by atoms with van der Waals surface area (Å²) >= 11 is 0. The SMILES string of the molecule is CCN(Cc1ccc(C(=O)Nc2cccc(F)c2)cc1)S(=O)(=O)c1ccccc1. The summed E-state index contributed by atoms with van der Waals surface area (Å²) in [5.41, 5.74) is 1.52. The number of sulfonamides is 1. The smallest absolute Gasteiger partial charge is 0.255 e. The van der Waals surface area contributed by atoms with Crippen molar-refractivity contribution in [2.24, 2.45) is 0 Å². The Balaban J connectivity index is 1.71. The molecule has 3 aromatic rings. The van der Waals surface area contributed by atoms with Crippen LogP contribution in [0.5, 0.6) is 0 Å². The molecule has 0 heterocycles. The second kappa shape index (κ2) is 8.98. The monoisotopic (exact) mass is 412 g/mol. The lowest BCUT2D eigenvalue weighted by molar-refractivity contribution is 0.102. The summed E-state index contributed by atoms with van der Waals surface area (Å²) in [6.45, 7) is 2.29. The number of nitrogens with one attached hydrogen (secondary N) is 1. The van der Waals surface area contributed by atoms with Crippen molar-refractivity contribution in [1.82, 2.24) is 4.31 Å². The number of anilines is 1. The van der Waals surface area contributed by atoms with Crippen molar-refractivity contribution in [1.29, 1.82) is 0 Å². The molecule has 150 valence electrons. The molecule has 7 heteroatoms. The minimum Gasteiger partial charge on any atom is -0.322 e. The first-order chi connectivity index (χ1) is 13.9. The minimum atomic E-state index is -3.60. The fourth-order valence-electron chi connectivity index (χ4n) is 2.84. The largest absolute Gasteiger partial charge is 0.322 e. The van der Waals surface area contributed by atoms with Gasteiger partial charge < -0.3 is 5.32 Å². The van der Waals surface area contributed by atoms with Crippen molar-refractivity contribution < 1.29 is 17.6 Å². The summed E-state index contributed by atoms with van der Waals surface area (Å²) in [6, 6.07) is 20.6. The molecule has 0 spiro atoms. The minimum absolute atomic E-state index is 0.194. The third-order valence-corrected chi connectivity index (χ3v) is 6.33. The summed E-state index contributed by atoms with van der Waals surface area (Å²) in [5.74, 6) is -0.802. The number of hydrogen-bond acceptors (Lipinski definition) is 3.